The molecule has 0 aromatic carbocycles. The van der Waals surface area contributed by atoms with Gasteiger partial charge in [-0.25, -0.2) is 0 Å². The minimum atomic E-state index is 0.700. The van der Waals surface area contributed by atoms with Gasteiger partial charge in [0.15, 0.2) is 0 Å². The highest BCUT2D eigenvalue weighted by atomic mass is 15.4. The molecule has 100 valence electrons. The van der Waals surface area contributed by atoms with Crippen molar-refractivity contribution in [2.24, 2.45) is 5.92 Å². The van der Waals surface area contributed by atoms with Crippen LogP contribution < -0.4 is 5.32 Å². The maximum Gasteiger partial charge on any atom is 0.0377 e. The molecule has 1 N–H and O–H groups in total. The number of hydrogen-bond donors (Lipinski definition) is 1. The molecule has 17 heavy (non-hydrogen) atoms. The summed E-state index contributed by atoms with van der Waals surface area (Å²) in [7, 11) is 0. The quantitative estimate of drug-likeness (QED) is 0.756. The SMILES string of the molecule is CCNC(CCC(C)C)C1CN2CCN1CC2. The van der Waals surface area contributed by atoms with Gasteiger partial charge in [0, 0.05) is 44.8 Å². The van der Waals surface area contributed by atoms with Crippen LogP contribution in [0, 0.1) is 5.92 Å². The summed E-state index contributed by atoms with van der Waals surface area (Å²) in [6.07, 6.45) is 2.68. The summed E-state index contributed by atoms with van der Waals surface area (Å²) >= 11 is 0. The van der Waals surface area contributed by atoms with Crippen molar-refractivity contribution in [3.63, 3.8) is 0 Å². The van der Waals surface area contributed by atoms with Crippen molar-refractivity contribution in [3.05, 3.63) is 0 Å². The van der Waals surface area contributed by atoms with E-state index in [2.05, 4.69) is 35.9 Å². The van der Waals surface area contributed by atoms with Gasteiger partial charge >= 0.3 is 0 Å². The van der Waals surface area contributed by atoms with Gasteiger partial charge in [0.1, 0.15) is 0 Å². The molecule has 3 rings (SSSR count). The lowest BCUT2D eigenvalue weighted by molar-refractivity contribution is -0.00492. The van der Waals surface area contributed by atoms with Crippen LogP contribution in [0.5, 0.6) is 0 Å². The fourth-order valence-electron chi connectivity index (χ4n) is 3.24. The number of likely N-dealkylation sites (N-methyl/N-ethyl adjacent to an activating group) is 1. The van der Waals surface area contributed by atoms with Crippen molar-refractivity contribution in [3.8, 4) is 0 Å². The highest BCUT2D eigenvalue weighted by molar-refractivity contribution is 4.94. The third-order valence-electron chi connectivity index (χ3n) is 4.31. The maximum absolute atomic E-state index is 3.72. The Hall–Kier alpha value is -0.120. The molecule has 3 aliphatic rings. The van der Waals surface area contributed by atoms with Crippen LogP contribution >= 0.6 is 0 Å². The van der Waals surface area contributed by atoms with Gasteiger partial charge in [0.05, 0.1) is 0 Å². The van der Waals surface area contributed by atoms with E-state index >= 15 is 0 Å². The van der Waals surface area contributed by atoms with Crippen molar-refractivity contribution in [1.29, 1.82) is 0 Å². The molecule has 3 saturated heterocycles. The lowest BCUT2D eigenvalue weighted by Gasteiger charge is -2.50. The lowest BCUT2D eigenvalue weighted by Crippen LogP contribution is -2.66. The molecule has 0 aromatic heterocycles. The van der Waals surface area contributed by atoms with E-state index in [9.17, 15) is 0 Å². The Kier molecular flexibility index (Phi) is 4.83. The van der Waals surface area contributed by atoms with E-state index in [0.717, 1.165) is 18.5 Å². The predicted octanol–water partition coefficient (Wildman–Crippen LogP) is 1.40. The number of piperazine rings is 3. The van der Waals surface area contributed by atoms with E-state index in [1.165, 1.54) is 45.6 Å². The molecule has 2 unspecified atom stereocenters. The third kappa shape index (κ3) is 3.43. The third-order valence-corrected chi connectivity index (χ3v) is 4.31. The fourth-order valence-corrected chi connectivity index (χ4v) is 3.24. The topological polar surface area (TPSA) is 18.5 Å². The Morgan fingerprint density at radius 3 is 2.29 bits per heavy atom. The van der Waals surface area contributed by atoms with E-state index in [0.29, 0.717) is 6.04 Å². The Labute approximate surface area is 107 Å². The normalized spacial score (nSPS) is 34.2. The molecule has 0 amide bonds. The average molecular weight is 239 g/mol. The van der Waals surface area contributed by atoms with Gasteiger partial charge in [-0.15, -0.1) is 0 Å². The first-order valence-corrected chi connectivity index (χ1v) is 7.40. The van der Waals surface area contributed by atoms with E-state index in [1.54, 1.807) is 0 Å². The molecule has 3 aliphatic heterocycles. The highest BCUT2D eigenvalue weighted by Gasteiger charge is 2.36. The first kappa shape index (κ1) is 13.3. The summed E-state index contributed by atoms with van der Waals surface area (Å²) < 4.78 is 0. The summed E-state index contributed by atoms with van der Waals surface area (Å²) in [5.41, 5.74) is 0. The molecule has 3 nitrogen and oxygen atoms in total. The number of fused-ring (bicyclic) bond motifs is 3. The lowest BCUT2D eigenvalue weighted by atomic mass is 9.93. The van der Waals surface area contributed by atoms with Crippen LogP contribution in [0.2, 0.25) is 0 Å². The first-order valence-electron chi connectivity index (χ1n) is 7.40. The molecule has 2 atom stereocenters. The molecule has 0 aromatic rings. The summed E-state index contributed by atoms with van der Waals surface area (Å²) in [5.74, 6) is 0.826. The van der Waals surface area contributed by atoms with Gasteiger partial charge < -0.3 is 5.32 Å². The van der Waals surface area contributed by atoms with Crippen LogP contribution in [0.3, 0.4) is 0 Å². The molecule has 0 saturated carbocycles. The molecule has 0 radical (unpaired) electrons. The van der Waals surface area contributed by atoms with Crippen molar-refractivity contribution in [2.45, 2.75) is 45.7 Å². The number of hydrogen-bond acceptors (Lipinski definition) is 3. The predicted molar refractivity (Wildman–Crippen MR) is 73.3 cm³/mol. The second-order valence-electron chi connectivity index (χ2n) is 6.04. The molecular formula is C14H29N3. The minimum absolute atomic E-state index is 0.700. The Morgan fingerprint density at radius 1 is 1.12 bits per heavy atom. The van der Waals surface area contributed by atoms with Crippen molar-refractivity contribution >= 4 is 0 Å². The van der Waals surface area contributed by atoms with Crippen molar-refractivity contribution in [1.82, 2.24) is 15.1 Å². The molecule has 2 bridgehead atoms. The molecule has 0 spiro atoms. The van der Waals surface area contributed by atoms with Crippen LogP contribution in [0.15, 0.2) is 0 Å². The van der Waals surface area contributed by atoms with Gasteiger partial charge in [-0.05, 0) is 25.3 Å². The first-order chi connectivity index (χ1) is 8.20. The van der Waals surface area contributed by atoms with E-state index in [4.69, 9.17) is 0 Å². The summed E-state index contributed by atoms with van der Waals surface area (Å²) in [5, 5.41) is 3.72. The van der Waals surface area contributed by atoms with Gasteiger partial charge in [-0.1, -0.05) is 20.8 Å². The van der Waals surface area contributed by atoms with Crippen LogP contribution in [-0.2, 0) is 0 Å². The average Bonchev–Trinajstić information content (AvgIpc) is 2.35. The minimum Gasteiger partial charge on any atom is -0.313 e. The largest absolute Gasteiger partial charge is 0.313 e. The summed E-state index contributed by atoms with van der Waals surface area (Å²) in [6.45, 7) is 14.4. The van der Waals surface area contributed by atoms with Crippen molar-refractivity contribution < 1.29 is 0 Å². The molecule has 3 heterocycles. The monoisotopic (exact) mass is 239 g/mol. The number of nitrogens with zero attached hydrogens (tertiary/aromatic N) is 2. The molecular weight excluding hydrogens is 210 g/mol. The highest BCUT2D eigenvalue weighted by Crippen LogP contribution is 2.21. The van der Waals surface area contributed by atoms with Gasteiger partial charge in [0.25, 0.3) is 0 Å². The Balaban J connectivity index is 1.90. The van der Waals surface area contributed by atoms with Crippen LogP contribution in [0.25, 0.3) is 0 Å². The van der Waals surface area contributed by atoms with Crippen LogP contribution in [0.4, 0.5) is 0 Å². The maximum atomic E-state index is 3.72. The van der Waals surface area contributed by atoms with E-state index < -0.39 is 0 Å². The Morgan fingerprint density at radius 2 is 1.82 bits per heavy atom. The fraction of sp³-hybridized carbons (Fsp3) is 1.00. The van der Waals surface area contributed by atoms with Crippen molar-refractivity contribution in [2.75, 3.05) is 39.3 Å². The summed E-state index contributed by atoms with van der Waals surface area (Å²) in [6, 6.07) is 1.46. The zero-order valence-corrected chi connectivity index (χ0v) is 11.8. The molecule has 3 heteroatoms. The van der Waals surface area contributed by atoms with Gasteiger partial charge in [-0.3, -0.25) is 9.80 Å². The van der Waals surface area contributed by atoms with Crippen LogP contribution in [0.1, 0.15) is 33.6 Å². The second-order valence-corrected chi connectivity index (χ2v) is 6.04. The zero-order valence-electron chi connectivity index (χ0n) is 11.8. The second kappa shape index (κ2) is 6.17. The van der Waals surface area contributed by atoms with Gasteiger partial charge in [-0.2, -0.15) is 0 Å². The smallest absolute Gasteiger partial charge is 0.0377 e. The van der Waals surface area contributed by atoms with E-state index in [-0.39, 0.29) is 0 Å². The number of rotatable bonds is 6. The van der Waals surface area contributed by atoms with Gasteiger partial charge in [0.2, 0.25) is 0 Å². The summed E-state index contributed by atoms with van der Waals surface area (Å²) in [4.78, 5) is 5.36. The number of nitrogens with one attached hydrogen (secondary N) is 1. The molecule has 0 aliphatic carbocycles. The van der Waals surface area contributed by atoms with E-state index in [1.807, 2.05) is 0 Å². The Bertz CT molecular complexity index is 222. The van der Waals surface area contributed by atoms with Crippen LogP contribution in [-0.4, -0.2) is 61.2 Å². The standard InChI is InChI=1S/C14H29N3/c1-4-15-13(6-5-12(2)3)14-11-16-7-9-17(14)10-8-16/h12-15H,4-11H2,1-3H3. The molecule has 3 fully saturated rings. The zero-order chi connectivity index (χ0) is 12.3.